The first-order valence-corrected chi connectivity index (χ1v) is 44.0. The van der Waals surface area contributed by atoms with Crippen molar-refractivity contribution < 1.29 is 123 Å². The Morgan fingerprint density at radius 1 is 0.485 bits per heavy atom. The van der Waals surface area contributed by atoms with Gasteiger partial charge in [0.2, 0.25) is 17.7 Å². The summed E-state index contributed by atoms with van der Waals surface area (Å²) in [7, 11) is 7.78. The van der Waals surface area contributed by atoms with Gasteiger partial charge in [0, 0.05) is 135 Å². The Kier molecular flexibility index (Phi) is 74.8. The molecule has 33 heteroatoms. The van der Waals surface area contributed by atoms with Crippen LogP contribution in [0, 0.1) is 36.0 Å². The van der Waals surface area contributed by atoms with Gasteiger partial charge in [-0.2, -0.15) is 0 Å². The first-order valence-electron chi connectivity index (χ1n) is 34.7. The minimum absolute atomic E-state index is 0. The fourth-order valence-electron chi connectivity index (χ4n) is 8.57. The molecule has 0 fully saturated rings. The van der Waals surface area contributed by atoms with E-state index in [0.717, 1.165) is 56.5 Å². The van der Waals surface area contributed by atoms with E-state index in [1.165, 1.54) is 88.6 Å². The van der Waals surface area contributed by atoms with E-state index < -0.39 is 46.6 Å². The molecule has 0 rings (SSSR count). The Bertz CT molecular complexity index is 2360. The van der Waals surface area contributed by atoms with Crippen LogP contribution in [0.25, 0.3) is 6.15 Å². The minimum atomic E-state index is -1.41. The largest absolute Gasteiger partial charge is 2.00 e. The fraction of sp³-hybridized carbons (Fsp3) is 0.809. The number of thiol groups is 1. The van der Waals surface area contributed by atoms with Gasteiger partial charge in [0.05, 0.1) is 39.0 Å². The molecule has 1 radical (unpaired) electrons. The van der Waals surface area contributed by atoms with Gasteiger partial charge in [0.25, 0.3) is 0 Å². The Hall–Kier alpha value is -2.31. The van der Waals surface area contributed by atoms with Gasteiger partial charge in [-0.1, -0.05) is 158 Å². The van der Waals surface area contributed by atoms with Gasteiger partial charge in [-0.3, -0.25) is 52.2 Å². The summed E-state index contributed by atoms with van der Waals surface area (Å²) in [6.07, 6.45) is 19.3. The molecule has 8 atom stereocenters. The maximum absolute atomic E-state index is 13.1. The van der Waals surface area contributed by atoms with Gasteiger partial charge < -0.3 is 67.6 Å². The first kappa shape index (κ1) is 105. The SMILES string of the molecule is CC(=O)[C@H](CSSC[C@H](C)S(=O)C[C@@H](CCCCNC(=O)COCCOCCNC(=O)COCCOCCCC(=O)CC[C@H](NC(=O)CCCCCCCCCCCCCCCCC(=O)O)C(=O)O)C(=O)O)CC(=O)[C@@H](C)CSSC[C@H](C)C(=O)S.CC(=O)[CH-]CSSC[C@H](C)C(C)=O.[HH].[HH].[HH].[HH].[HH].[HH].[NH2-].[V+2]. The standard InChI is InChI=1S/C59H103N3O18S6.C9H15O2S2.H2N.V.6H2/c1-44(39-82-83-40-45(2)59(75)81)52(65)36-49(47(4)63)42-85-84-41-46(3)86(76)43-48(57(71)72)22-19-20-28-60-54(67)37-80-35-33-78-31-29-61-55(68)38-79-34-32-77-30-21-23-50(64)26-27-51(58(73)74)62-53(66)24-17-15-13-11-9-7-5-6-8-10-12-14-16-18-25-56(69)70;1-7(9(3)11)6-13-12-5-4-8(2)10;;;;;;;;/h44-46,48-49,51H,5-43H2,1-4H3,(H,60,67)(H,61,68)(H,62,66)(H,69,70)(H,71,72)(H,73,74)(H,75,81);4,7H,5-6H2,1-3H3;1H2;;6*1H/q;2*-1;+2;;;;;;/t44-,45-,46-,48+,49-,51-,86?;7-;;;;;;;;/m00......../s1. The number of carboxylic acid groups (broad SMARTS) is 3. The summed E-state index contributed by atoms with van der Waals surface area (Å²) >= 11 is 3.85. The number of hydrogen-bond donors (Lipinski definition) is 7. The van der Waals surface area contributed by atoms with Crippen molar-refractivity contribution in [1.29, 1.82) is 0 Å². The minimum Gasteiger partial charge on any atom is -0.693 e. The molecule has 1 unspecified atom stereocenters. The van der Waals surface area contributed by atoms with E-state index in [4.69, 9.17) is 24.1 Å². The third-order valence-electron chi connectivity index (χ3n) is 15.3. The van der Waals surface area contributed by atoms with E-state index in [9.17, 15) is 72.0 Å². The second-order valence-electron chi connectivity index (χ2n) is 24.6. The van der Waals surface area contributed by atoms with Gasteiger partial charge in [0.1, 0.15) is 42.4 Å². The van der Waals surface area contributed by atoms with Crippen LogP contribution in [0.5, 0.6) is 0 Å². The predicted molar refractivity (Wildman–Crippen MR) is 425 cm³/mol. The van der Waals surface area contributed by atoms with E-state index in [1.807, 2.05) is 13.8 Å². The molecular weight excluding hydrogens is 1500 g/mol. The number of nitrogens with two attached hydrogens (primary N) is 1. The summed E-state index contributed by atoms with van der Waals surface area (Å²) in [5, 5.41) is 35.5. The molecule has 0 aromatic heterocycles. The number of hydrogen-bond acceptors (Lipinski definition) is 23. The number of amides is 3. The van der Waals surface area contributed by atoms with Crippen LogP contribution in [-0.4, -0.2) is 207 Å². The van der Waals surface area contributed by atoms with Gasteiger partial charge in [-0.25, -0.2) is 4.79 Å². The first-order chi connectivity index (χ1) is 47.2. The van der Waals surface area contributed by atoms with Crippen molar-refractivity contribution in [1.82, 2.24) is 16.0 Å². The van der Waals surface area contributed by atoms with Crippen LogP contribution in [0.15, 0.2) is 0 Å². The molecule has 0 aromatic rings. The van der Waals surface area contributed by atoms with Crippen LogP contribution in [0.4, 0.5) is 0 Å². The van der Waals surface area contributed by atoms with Gasteiger partial charge in [0.15, 0.2) is 5.12 Å². The Morgan fingerprint density at radius 3 is 1.49 bits per heavy atom. The molecule has 0 aromatic carbocycles. The third-order valence-corrected chi connectivity index (χ3v) is 25.6. The quantitative estimate of drug-likeness (QED) is 0.0129. The molecule has 0 bridgehead atoms. The number of ether oxygens (including phenoxy) is 4. The van der Waals surface area contributed by atoms with Gasteiger partial charge in [-0.05, 0) is 72.0 Å². The summed E-state index contributed by atoms with van der Waals surface area (Å²) in [5.74, 6) is -1.68. The van der Waals surface area contributed by atoms with Gasteiger partial charge in [-0.15, -0.1) is 29.2 Å². The van der Waals surface area contributed by atoms with E-state index in [1.54, 1.807) is 55.7 Å². The Morgan fingerprint density at radius 2 is 0.970 bits per heavy atom. The molecule has 8 N–H and O–H groups in total. The molecule has 597 valence electrons. The second-order valence-corrected chi connectivity index (χ2v) is 34.6. The second kappa shape index (κ2) is 71.9. The molecule has 3 amide bonds. The van der Waals surface area contributed by atoms with E-state index in [2.05, 4.69) is 28.6 Å². The molecular formula is C68H132N4O20S8V. The van der Waals surface area contributed by atoms with Crippen LogP contribution in [0.1, 0.15) is 211 Å². The van der Waals surface area contributed by atoms with Crippen LogP contribution in [-0.2, 0) is 106 Å². The van der Waals surface area contributed by atoms with Crippen molar-refractivity contribution in [3.05, 3.63) is 12.6 Å². The van der Waals surface area contributed by atoms with Crippen molar-refractivity contribution in [2.45, 2.75) is 214 Å². The van der Waals surface area contributed by atoms with Crippen molar-refractivity contribution in [3.8, 4) is 0 Å². The maximum Gasteiger partial charge on any atom is 2.00 e. The average Bonchev–Trinajstić information content (AvgIpc) is 0.922. The zero-order valence-corrected chi connectivity index (χ0v) is 68.7. The van der Waals surface area contributed by atoms with Crippen LogP contribution in [0.3, 0.4) is 0 Å². The topological polar surface area (TPSA) is 389 Å². The summed E-state index contributed by atoms with van der Waals surface area (Å²) < 4.78 is 34.6. The molecule has 0 saturated heterocycles. The van der Waals surface area contributed by atoms with Crippen LogP contribution >= 0.6 is 77.4 Å². The molecule has 101 heavy (non-hydrogen) atoms. The van der Waals surface area contributed by atoms with Crippen molar-refractivity contribution in [2.75, 3.05) is 106 Å². The smallest absolute Gasteiger partial charge is 0.693 e. The number of unbranched alkanes of at least 4 members (excludes halogenated alkanes) is 14. The van der Waals surface area contributed by atoms with E-state index in [-0.39, 0.29) is 212 Å². The average molecular weight is 1630 g/mol. The zero-order valence-electron chi connectivity index (χ0n) is 60.7. The number of nitrogens with one attached hydrogen (secondary N) is 3. The number of carbonyl (C=O) groups excluding carboxylic acids is 9. The van der Waals surface area contributed by atoms with Crippen molar-refractivity contribution in [2.24, 2.45) is 29.6 Å². The van der Waals surface area contributed by atoms with Gasteiger partial charge >= 0.3 is 36.5 Å². The molecule has 0 aliphatic carbocycles. The number of carboxylic acids is 3. The molecule has 0 saturated carbocycles. The third kappa shape index (κ3) is 69.2. The number of Topliss-reactive ketones (excluding diaryl/α,β-unsaturated/α-hetero) is 5. The van der Waals surface area contributed by atoms with Crippen molar-refractivity contribution in [3.63, 3.8) is 0 Å². The van der Waals surface area contributed by atoms with Crippen LogP contribution < -0.4 is 16.0 Å². The predicted octanol–water partition coefficient (Wildman–Crippen LogP) is 13.6. The molecule has 24 nitrogen and oxygen atoms in total. The molecule has 0 aliphatic heterocycles. The molecule has 0 heterocycles. The monoisotopic (exact) mass is 1630 g/mol. The van der Waals surface area contributed by atoms with Crippen LogP contribution in [0.2, 0.25) is 0 Å². The number of aliphatic carboxylic acids is 3. The fourth-order valence-corrected chi connectivity index (χ4v) is 18.5. The number of ketones is 5. The van der Waals surface area contributed by atoms with E-state index >= 15 is 0 Å². The van der Waals surface area contributed by atoms with E-state index in [0.29, 0.717) is 61.7 Å². The van der Waals surface area contributed by atoms with Crippen molar-refractivity contribution >= 4 is 158 Å². The normalized spacial score (nSPS) is 13.3. The summed E-state index contributed by atoms with van der Waals surface area (Å²) in [4.78, 5) is 141. The zero-order chi connectivity index (χ0) is 74.4. The Balaban J connectivity index is -0.000000506. The maximum atomic E-state index is 13.1. The number of rotatable bonds is 70. The Labute approximate surface area is 654 Å². The summed E-state index contributed by atoms with van der Waals surface area (Å²) in [6.45, 7) is 13.4. The molecule has 0 spiro atoms. The summed E-state index contributed by atoms with van der Waals surface area (Å²) in [5.41, 5.74) is 0. The summed E-state index contributed by atoms with van der Waals surface area (Å²) in [6, 6.07) is -1.12. The molecule has 0 aliphatic rings. The number of carbonyl (C=O) groups is 12.